The Kier molecular flexibility index (Phi) is 5.88. The lowest BCUT2D eigenvalue weighted by molar-refractivity contribution is -0.154. The number of rotatable bonds is 3. The van der Waals surface area contributed by atoms with Gasteiger partial charge in [0.25, 0.3) is 0 Å². The number of aromatic nitrogens is 2. The Morgan fingerprint density at radius 1 is 1.15 bits per heavy atom. The molecule has 1 amide bonds. The van der Waals surface area contributed by atoms with Crippen LogP contribution in [0.25, 0.3) is 0 Å². The molecular formula is C25H34N4O4. The van der Waals surface area contributed by atoms with Gasteiger partial charge in [-0.15, -0.1) is 0 Å². The van der Waals surface area contributed by atoms with Crippen LogP contribution in [0.2, 0.25) is 0 Å². The first-order chi connectivity index (χ1) is 15.4. The Morgan fingerprint density at radius 2 is 1.88 bits per heavy atom. The van der Waals surface area contributed by atoms with Gasteiger partial charge in [0.1, 0.15) is 18.0 Å². The normalized spacial score (nSPS) is 22.2. The summed E-state index contributed by atoms with van der Waals surface area (Å²) < 4.78 is 11.1. The average Bonchev–Trinajstić information content (AvgIpc) is 3.37. The minimum absolute atomic E-state index is 0.102. The number of H-pyrrole nitrogens is 1. The van der Waals surface area contributed by atoms with Gasteiger partial charge in [0.05, 0.1) is 29.4 Å². The quantitative estimate of drug-likeness (QED) is 0.636. The van der Waals surface area contributed by atoms with Gasteiger partial charge in [-0.3, -0.25) is 4.79 Å². The number of ether oxygens (including phenoxy) is 2. The van der Waals surface area contributed by atoms with Gasteiger partial charge in [-0.05, 0) is 59.6 Å². The first kappa shape index (κ1) is 23.1. The molecular weight excluding hydrogens is 420 g/mol. The van der Waals surface area contributed by atoms with E-state index in [4.69, 9.17) is 9.47 Å². The molecule has 0 spiro atoms. The highest BCUT2D eigenvalue weighted by Gasteiger charge is 2.48. The minimum Gasteiger partial charge on any atom is -0.459 e. The Morgan fingerprint density at radius 3 is 2.58 bits per heavy atom. The molecule has 2 aliphatic rings. The number of hydrogen-bond acceptors (Lipinski definition) is 6. The average molecular weight is 455 g/mol. The number of fused-ring (bicyclic) bond motifs is 3. The van der Waals surface area contributed by atoms with E-state index in [0.29, 0.717) is 6.54 Å². The van der Waals surface area contributed by atoms with Crippen molar-refractivity contribution >= 4 is 17.7 Å². The molecule has 0 saturated carbocycles. The summed E-state index contributed by atoms with van der Waals surface area (Å²) in [7, 11) is 0. The van der Waals surface area contributed by atoms with Crippen LogP contribution in [-0.4, -0.2) is 39.1 Å². The van der Waals surface area contributed by atoms with Gasteiger partial charge in [-0.1, -0.05) is 18.2 Å². The summed E-state index contributed by atoms with van der Waals surface area (Å²) in [6, 6.07) is 7.87. The zero-order valence-corrected chi connectivity index (χ0v) is 20.3. The van der Waals surface area contributed by atoms with Crippen LogP contribution in [0.3, 0.4) is 0 Å². The van der Waals surface area contributed by atoms with Crippen molar-refractivity contribution in [1.82, 2.24) is 14.9 Å². The van der Waals surface area contributed by atoms with E-state index in [1.165, 1.54) is 0 Å². The van der Waals surface area contributed by atoms with E-state index in [9.17, 15) is 9.59 Å². The molecule has 3 heterocycles. The molecule has 33 heavy (non-hydrogen) atoms. The number of anilines is 1. The second-order valence-corrected chi connectivity index (χ2v) is 10.9. The summed E-state index contributed by atoms with van der Waals surface area (Å²) in [6.45, 7) is 11.9. The monoisotopic (exact) mass is 454 g/mol. The van der Waals surface area contributed by atoms with Crippen LogP contribution in [0.15, 0.2) is 30.5 Å². The molecule has 8 heteroatoms. The third-order valence-corrected chi connectivity index (χ3v) is 6.01. The summed E-state index contributed by atoms with van der Waals surface area (Å²) in [4.78, 5) is 34.9. The molecule has 2 N–H and O–H groups in total. The second kappa shape index (κ2) is 8.39. The number of para-hydroxylation sites is 1. The summed E-state index contributed by atoms with van der Waals surface area (Å²) >= 11 is 0. The number of carbonyl (C=O) groups is 2. The first-order valence-electron chi connectivity index (χ1n) is 11.5. The van der Waals surface area contributed by atoms with Crippen molar-refractivity contribution < 1.29 is 19.1 Å². The molecule has 1 saturated heterocycles. The molecule has 1 fully saturated rings. The lowest BCUT2D eigenvalue weighted by Crippen LogP contribution is -2.40. The Hall–Kier alpha value is -3.03. The summed E-state index contributed by atoms with van der Waals surface area (Å²) in [6.07, 6.45) is 2.24. The molecule has 0 aliphatic carbocycles. The standard InChI is InChI=1S/C25H34N4O4/c1-24(2,3)22(30)32-14-15-13-26-21(27-15)19-17-11-12-29(23(31)33-25(4,5)6)20(17)16-9-7-8-10-18(16)28-19/h7-10,13,17,19-20,28H,11-12,14H2,1-6H3,(H,26,27)/t17-,19-,20+/m1/s1. The largest absolute Gasteiger partial charge is 0.459 e. The van der Waals surface area contributed by atoms with Crippen LogP contribution in [0, 0.1) is 11.3 Å². The summed E-state index contributed by atoms with van der Waals surface area (Å²) in [5, 5.41) is 3.61. The lowest BCUT2D eigenvalue weighted by Gasteiger charge is -2.39. The van der Waals surface area contributed by atoms with Crippen LogP contribution in [0.4, 0.5) is 10.5 Å². The fourth-order valence-corrected chi connectivity index (χ4v) is 4.49. The smallest absolute Gasteiger partial charge is 0.410 e. The molecule has 1 aromatic carbocycles. The van der Waals surface area contributed by atoms with Gasteiger partial charge in [0, 0.05) is 18.2 Å². The van der Waals surface area contributed by atoms with Crippen LogP contribution in [-0.2, 0) is 20.9 Å². The molecule has 3 atom stereocenters. The molecule has 178 valence electrons. The highest BCUT2D eigenvalue weighted by Crippen LogP contribution is 2.50. The number of carbonyl (C=O) groups excluding carboxylic acids is 2. The van der Waals surface area contributed by atoms with Crippen LogP contribution in [0.5, 0.6) is 0 Å². The van der Waals surface area contributed by atoms with Crippen molar-refractivity contribution in [2.24, 2.45) is 11.3 Å². The van der Waals surface area contributed by atoms with Crippen molar-refractivity contribution in [1.29, 1.82) is 0 Å². The molecule has 2 aliphatic heterocycles. The maximum Gasteiger partial charge on any atom is 0.410 e. The number of nitrogens with zero attached hydrogens (tertiary/aromatic N) is 2. The third kappa shape index (κ3) is 4.84. The van der Waals surface area contributed by atoms with Crippen molar-refractivity contribution in [3.8, 4) is 0 Å². The third-order valence-electron chi connectivity index (χ3n) is 6.01. The first-order valence-corrected chi connectivity index (χ1v) is 11.5. The summed E-state index contributed by atoms with van der Waals surface area (Å²) in [5.74, 6) is 0.642. The zero-order valence-electron chi connectivity index (χ0n) is 20.3. The number of aromatic amines is 1. The number of benzene rings is 1. The number of amides is 1. The Labute approximate surface area is 195 Å². The van der Waals surface area contributed by atoms with Gasteiger partial charge in [0.2, 0.25) is 0 Å². The number of nitrogens with one attached hydrogen (secondary N) is 2. The number of imidazole rings is 1. The predicted octanol–water partition coefficient (Wildman–Crippen LogP) is 4.96. The zero-order chi connectivity index (χ0) is 24.0. The molecule has 0 bridgehead atoms. The molecule has 4 rings (SSSR count). The van der Waals surface area contributed by atoms with E-state index in [1.807, 2.05) is 64.6 Å². The number of likely N-dealkylation sites (tertiary alicyclic amines) is 1. The number of hydrogen-bond donors (Lipinski definition) is 2. The number of esters is 1. The molecule has 1 aromatic heterocycles. The molecule has 2 aromatic rings. The molecule has 0 unspecified atom stereocenters. The van der Waals surface area contributed by atoms with Crippen LogP contribution in [0.1, 0.15) is 77.1 Å². The van der Waals surface area contributed by atoms with Gasteiger partial charge in [-0.2, -0.15) is 0 Å². The van der Waals surface area contributed by atoms with Crippen LogP contribution < -0.4 is 5.32 Å². The Balaban J connectivity index is 1.57. The van der Waals surface area contributed by atoms with Crippen molar-refractivity contribution in [3.63, 3.8) is 0 Å². The van der Waals surface area contributed by atoms with E-state index >= 15 is 0 Å². The van der Waals surface area contributed by atoms with E-state index in [1.54, 1.807) is 6.20 Å². The van der Waals surface area contributed by atoms with Crippen LogP contribution >= 0.6 is 0 Å². The van der Waals surface area contributed by atoms with E-state index in [-0.39, 0.29) is 36.7 Å². The van der Waals surface area contributed by atoms with E-state index < -0.39 is 11.0 Å². The highest BCUT2D eigenvalue weighted by atomic mass is 16.6. The summed E-state index contributed by atoms with van der Waals surface area (Å²) in [5.41, 5.74) is 1.70. The maximum atomic E-state index is 13.0. The second-order valence-electron chi connectivity index (χ2n) is 10.9. The fourth-order valence-electron chi connectivity index (χ4n) is 4.49. The fraction of sp³-hybridized carbons (Fsp3) is 0.560. The van der Waals surface area contributed by atoms with Gasteiger partial charge in [-0.25, -0.2) is 9.78 Å². The van der Waals surface area contributed by atoms with Crippen molar-refractivity contribution in [2.75, 3.05) is 11.9 Å². The Bertz CT molecular complexity index is 1030. The van der Waals surface area contributed by atoms with Gasteiger partial charge >= 0.3 is 12.1 Å². The predicted molar refractivity (Wildman–Crippen MR) is 124 cm³/mol. The van der Waals surface area contributed by atoms with Gasteiger partial charge < -0.3 is 24.7 Å². The maximum absolute atomic E-state index is 13.0. The van der Waals surface area contributed by atoms with E-state index in [2.05, 4.69) is 21.4 Å². The topological polar surface area (TPSA) is 96.5 Å². The van der Waals surface area contributed by atoms with Crippen molar-refractivity contribution in [3.05, 3.63) is 47.5 Å². The molecule has 0 radical (unpaired) electrons. The van der Waals surface area contributed by atoms with E-state index in [0.717, 1.165) is 29.2 Å². The minimum atomic E-state index is -0.556. The molecule has 8 nitrogen and oxygen atoms in total. The van der Waals surface area contributed by atoms with Crippen molar-refractivity contribution in [2.45, 2.75) is 72.3 Å². The lowest BCUT2D eigenvalue weighted by atomic mass is 9.82. The van der Waals surface area contributed by atoms with Gasteiger partial charge in [0.15, 0.2) is 0 Å². The SMILES string of the molecule is CC(C)(C)OC(=O)N1CC[C@@H]2[C@H](c3ncc(COC(=O)C(C)(C)C)[nH]3)Nc3ccccc3[C@@H]21. The highest BCUT2D eigenvalue weighted by molar-refractivity contribution is 5.75.